The molecule has 0 aromatic heterocycles. The monoisotopic (exact) mass is 389 g/mol. The van der Waals surface area contributed by atoms with Crippen LogP contribution in [0.25, 0.3) is 0 Å². The van der Waals surface area contributed by atoms with Crippen LogP contribution >= 0.6 is 0 Å². The maximum Gasteiger partial charge on any atom is 0.251 e. The molecule has 0 spiro atoms. The van der Waals surface area contributed by atoms with Crippen molar-refractivity contribution in [3.8, 4) is 0 Å². The van der Waals surface area contributed by atoms with Crippen LogP contribution in [-0.2, 0) is 19.6 Å². The molecular weight excluding hydrogens is 358 g/mol. The Hall–Kier alpha value is -1.39. The van der Waals surface area contributed by atoms with Crippen molar-refractivity contribution in [2.24, 2.45) is 4.99 Å². The van der Waals surface area contributed by atoms with Gasteiger partial charge in [0, 0.05) is 45.9 Å². The Morgan fingerprint density at radius 3 is 2.46 bits per heavy atom. The van der Waals surface area contributed by atoms with Gasteiger partial charge in [-0.3, -0.25) is 9.79 Å². The maximum absolute atomic E-state index is 12.4. The number of carbonyl (C=O) groups is 1. The van der Waals surface area contributed by atoms with Gasteiger partial charge in [-0.15, -0.1) is 0 Å². The smallest absolute Gasteiger partial charge is 0.251 e. The second-order valence-electron chi connectivity index (χ2n) is 6.35. The molecule has 9 nitrogen and oxygen atoms in total. The van der Waals surface area contributed by atoms with Crippen molar-refractivity contribution < 1.29 is 17.9 Å². The number of nitrogens with zero attached hydrogens (tertiary/aromatic N) is 3. The number of nitrogens with one attached hydrogen (secondary N) is 2. The third-order valence-corrected chi connectivity index (χ3v) is 5.91. The summed E-state index contributed by atoms with van der Waals surface area (Å²) in [4.78, 5) is 20.9. The molecule has 26 heavy (non-hydrogen) atoms. The summed E-state index contributed by atoms with van der Waals surface area (Å²) >= 11 is 0. The van der Waals surface area contributed by atoms with E-state index in [1.807, 2.05) is 11.8 Å². The molecule has 0 bridgehead atoms. The van der Waals surface area contributed by atoms with Crippen LogP contribution in [0.5, 0.6) is 0 Å². The minimum Gasteiger partial charge on any atom is -0.368 e. The van der Waals surface area contributed by atoms with Crippen LogP contribution in [0.2, 0.25) is 0 Å². The lowest BCUT2D eigenvalue weighted by atomic mass is 10.2. The first-order valence-corrected chi connectivity index (χ1v) is 11.0. The first kappa shape index (κ1) is 20.9. The zero-order valence-corrected chi connectivity index (χ0v) is 16.6. The number of piperazine rings is 1. The van der Waals surface area contributed by atoms with Gasteiger partial charge < -0.3 is 19.9 Å². The maximum atomic E-state index is 12.4. The van der Waals surface area contributed by atoms with Crippen LogP contribution in [-0.4, -0.2) is 94.4 Å². The van der Waals surface area contributed by atoms with Gasteiger partial charge in [0.2, 0.25) is 10.0 Å². The Morgan fingerprint density at radius 1 is 1.19 bits per heavy atom. The largest absolute Gasteiger partial charge is 0.368 e. The predicted molar refractivity (Wildman–Crippen MR) is 101 cm³/mol. The SMILES string of the molecule is CCNC(=NCCNS(=O)(=O)CC)N1CCN(C(=O)C2CCCO2)CC1. The topological polar surface area (TPSA) is 103 Å². The molecule has 2 fully saturated rings. The van der Waals surface area contributed by atoms with Gasteiger partial charge in [0.05, 0.1) is 12.3 Å². The molecule has 0 radical (unpaired) electrons. The molecule has 2 heterocycles. The highest BCUT2D eigenvalue weighted by atomic mass is 32.2. The van der Waals surface area contributed by atoms with Gasteiger partial charge in [0.1, 0.15) is 6.10 Å². The van der Waals surface area contributed by atoms with E-state index in [1.165, 1.54) is 0 Å². The summed E-state index contributed by atoms with van der Waals surface area (Å²) in [5, 5.41) is 3.23. The number of carbonyl (C=O) groups excluding carboxylic acids is 1. The van der Waals surface area contributed by atoms with E-state index in [0.717, 1.165) is 25.3 Å². The second-order valence-corrected chi connectivity index (χ2v) is 8.44. The van der Waals surface area contributed by atoms with Crippen LogP contribution in [0.15, 0.2) is 4.99 Å². The lowest BCUT2D eigenvalue weighted by Gasteiger charge is -2.37. The average Bonchev–Trinajstić information content (AvgIpc) is 3.18. The van der Waals surface area contributed by atoms with Gasteiger partial charge in [0.25, 0.3) is 5.91 Å². The van der Waals surface area contributed by atoms with E-state index in [2.05, 4.69) is 19.9 Å². The van der Waals surface area contributed by atoms with Gasteiger partial charge in [-0.2, -0.15) is 0 Å². The van der Waals surface area contributed by atoms with Gasteiger partial charge in [-0.25, -0.2) is 13.1 Å². The molecule has 0 saturated carbocycles. The number of rotatable bonds is 7. The van der Waals surface area contributed by atoms with Gasteiger partial charge in [-0.1, -0.05) is 0 Å². The summed E-state index contributed by atoms with van der Waals surface area (Å²) in [6.07, 6.45) is 1.50. The van der Waals surface area contributed by atoms with Crippen LogP contribution in [0.3, 0.4) is 0 Å². The summed E-state index contributed by atoms with van der Waals surface area (Å²) in [5.74, 6) is 0.919. The number of guanidine groups is 1. The molecule has 0 aromatic rings. The molecule has 0 aliphatic carbocycles. The normalized spacial score (nSPS) is 21.9. The van der Waals surface area contributed by atoms with E-state index < -0.39 is 10.0 Å². The zero-order valence-electron chi connectivity index (χ0n) is 15.7. The van der Waals surface area contributed by atoms with Crippen molar-refractivity contribution in [2.45, 2.75) is 32.8 Å². The van der Waals surface area contributed by atoms with Crippen LogP contribution in [0, 0.1) is 0 Å². The molecule has 1 atom stereocenters. The first-order chi connectivity index (χ1) is 12.5. The van der Waals surface area contributed by atoms with E-state index in [-0.39, 0.29) is 24.3 Å². The van der Waals surface area contributed by atoms with Gasteiger partial charge >= 0.3 is 0 Å². The van der Waals surface area contributed by atoms with Crippen LogP contribution < -0.4 is 10.0 Å². The second kappa shape index (κ2) is 10.1. The van der Waals surface area contributed by atoms with Gasteiger partial charge in [0.15, 0.2) is 5.96 Å². The molecule has 2 aliphatic rings. The highest BCUT2D eigenvalue weighted by molar-refractivity contribution is 7.89. The third-order valence-electron chi connectivity index (χ3n) is 4.51. The van der Waals surface area contributed by atoms with Crippen molar-refractivity contribution in [1.82, 2.24) is 19.8 Å². The van der Waals surface area contributed by atoms with Crippen molar-refractivity contribution >= 4 is 21.9 Å². The number of ether oxygens (including phenoxy) is 1. The Morgan fingerprint density at radius 2 is 1.88 bits per heavy atom. The average molecular weight is 390 g/mol. The fourth-order valence-corrected chi connectivity index (χ4v) is 3.61. The molecule has 2 saturated heterocycles. The van der Waals surface area contributed by atoms with E-state index >= 15 is 0 Å². The summed E-state index contributed by atoms with van der Waals surface area (Å²) in [6.45, 7) is 8.34. The predicted octanol–water partition coefficient (Wildman–Crippen LogP) is -0.786. The molecule has 10 heteroatoms. The van der Waals surface area contributed by atoms with Crippen molar-refractivity contribution in [2.75, 3.05) is 58.2 Å². The van der Waals surface area contributed by atoms with Crippen molar-refractivity contribution in [3.05, 3.63) is 0 Å². The minimum atomic E-state index is -3.19. The van der Waals surface area contributed by atoms with Crippen molar-refractivity contribution in [1.29, 1.82) is 0 Å². The van der Waals surface area contributed by atoms with E-state index in [1.54, 1.807) is 6.92 Å². The number of hydrogen-bond donors (Lipinski definition) is 2. The van der Waals surface area contributed by atoms with E-state index in [4.69, 9.17) is 4.74 Å². The summed E-state index contributed by atoms with van der Waals surface area (Å²) in [7, 11) is -3.19. The summed E-state index contributed by atoms with van der Waals surface area (Å²) < 4.78 is 30.9. The Balaban J connectivity index is 1.82. The van der Waals surface area contributed by atoms with Gasteiger partial charge in [-0.05, 0) is 26.7 Å². The van der Waals surface area contributed by atoms with Crippen molar-refractivity contribution in [3.63, 3.8) is 0 Å². The summed E-state index contributed by atoms with van der Waals surface area (Å²) in [5.41, 5.74) is 0. The lowest BCUT2D eigenvalue weighted by molar-refractivity contribution is -0.142. The van der Waals surface area contributed by atoms with E-state index in [9.17, 15) is 13.2 Å². The Kier molecular flexibility index (Phi) is 8.11. The number of aliphatic imine (C=N–C) groups is 1. The van der Waals surface area contributed by atoms with Crippen LogP contribution in [0.1, 0.15) is 26.7 Å². The minimum absolute atomic E-state index is 0.0669. The molecule has 0 aromatic carbocycles. The molecule has 150 valence electrons. The zero-order chi connectivity index (χ0) is 19.0. The standard InChI is InChI=1S/C16H31N5O4S/c1-3-17-16(18-7-8-19-26(23,24)4-2)21-11-9-20(10-12-21)15(22)14-6-5-13-25-14/h14,19H,3-13H2,1-2H3,(H,17,18). The fourth-order valence-electron chi connectivity index (χ4n) is 3.01. The highest BCUT2D eigenvalue weighted by Gasteiger charge is 2.30. The van der Waals surface area contributed by atoms with E-state index in [0.29, 0.717) is 39.3 Å². The molecule has 2 N–H and O–H groups in total. The molecule has 2 rings (SSSR count). The Bertz CT molecular complexity index is 581. The molecular formula is C16H31N5O4S. The van der Waals surface area contributed by atoms with Crippen LogP contribution in [0.4, 0.5) is 0 Å². The molecule has 2 aliphatic heterocycles. The molecule has 1 amide bonds. The number of sulfonamides is 1. The summed E-state index contributed by atoms with van der Waals surface area (Å²) in [6, 6.07) is 0. The molecule has 1 unspecified atom stereocenters. The third kappa shape index (κ3) is 6.10. The number of amides is 1. The highest BCUT2D eigenvalue weighted by Crippen LogP contribution is 2.16. The lowest BCUT2D eigenvalue weighted by Crippen LogP contribution is -2.55. The quantitative estimate of drug-likeness (QED) is 0.336. The first-order valence-electron chi connectivity index (χ1n) is 9.37. The number of hydrogen-bond acceptors (Lipinski definition) is 5. The Labute approximate surface area is 156 Å². The fraction of sp³-hybridized carbons (Fsp3) is 0.875.